The summed E-state index contributed by atoms with van der Waals surface area (Å²) in [5.74, 6) is 0.579. The van der Waals surface area contributed by atoms with Gasteiger partial charge in [-0.1, -0.05) is 28.9 Å². The summed E-state index contributed by atoms with van der Waals surface area (Å²) >= 11 is 5.87. The van der Waals surface area contributed by atoms with E-state index in [2.05, 4.69) is 20.8 Å². The van der Waals surface area contributed by atoms with E-state index in [1.165, 1.54) is 0 Å². The molecule has 0 radical (unpaired) electrons. The molecule has 2 aromatic carbocycles. The monoisotopic (exact) mass is 412 g/mol. The van der Waals surface area contributed by atoms with Gasteiger partial charge in [0.15, 0.2) is 0 Å². The molecule has 150 valence electrons. The van der Waals surface area contributed by atoms with Crippen LogP contribution in [-0.2, 0) is 17.8 Å². The van der Waals surface area contributed by atoms with Gasteiger partial charge < -0.3 is 15.2 Å². The summed E-state index contributed by atoms with van der Waals surface area (Å²) in [5.41, 5.74) is 2.21. The van der Waals surface area contributed by atoms with Crippen LogP contribution >= 0.6 is 11.6 Å². The van der Waals surface area contributed by atoms with Gasteiger partial charge in [-0.2, -0.15) is 4.98 Å². The average Bonchev–Trinajstić information content (AvgIpc) is 3.21. The van der Waals surface area contributed by atoms with Gasteiger partial charge in [0, 0.05) is 42.1 Å². The molecule has 3 aromatic rings. The Labute approximate surface area is 173 Å². The molecule has 0 fully saturated rings. The highest BCUT2D eigenvalue weighted by atomic mass is 35.5. The Hall–Kier alpha value is -3.19. The zero-order valence-electron chi connectivity index (χ0n) is 15.9. The third-order valence-corrected chi connectivity index (χ3v) is 4.40. The van der Waals surface area contributed by atoms with Gasteiger partial charge in [0.1, 0.15) is 0 Å². The Morgan fingerprint density at radius 3 is 2.66 bits per heavy atom. The number of nitrogens with one attached hydrogen (secondary N) is 2. The molecule has 29 heavy (non-hydrogen) atoms. The molecular weight excluding hydrogens is 392 g/mol. The van der Waals surface area contributed by atoms with Crippen molar-refractivity contribution in [3.05, 3.63) is 70.6 Å². The van der Waals surface area contributed by atoms with Crippen LogP contribution in [0.3, 0.4) is 0 Å². The molecule has 0 aliphatic heterocycles. The lowest BCUT2D eigenvalue weighted by Crippen LogP contribution is -2.24. The third kappa shape index (κ3) is 5.89. The first-order valence-electron chi connectivity index (χ1n) is 9.27. The normalized spacial score (nSPS) is 10.6. The molecule has 0 spiro atoms. The van der Waals surface area contributed by atoms with Crippen LogP contribution in [0.1, 0.15) is 35.2 Å². The summed E-state index contributed by atoms with van der Waals surface area (Å²) in [6, 6.07) is 14.3. The Kier molecular flexibility index (Phi) is 6.97. The van der Waals surface area contributed by atoms with Crippen molar-refractivity contribution in [3.63, 3.8) is 0 Å². The van der Waals surface area contributed by atoms with Crippen LogP contribution in [0.5, 0.6) is 0 Å². The molecule has 0 bridgehead atoms. The second-order valence-electron chi connectivity index (χ2n) is 6.36. The maximum atomic E-state index is 12.1. The van der Waals surface area contributed by atoms with E-state index in [0.717, 1.165) is 11.1 Å². The van der Waals surface area contributed by atoms with Gasteiger partial charge >= 0.3 is 0 Å². The van der Waals surface area contributed by atoms with Crippen molar-refractivity contribution < 1.29 is 14.1 Å². The van der Waals surface area contributed by atoms with Gasteiger partial charge in [0.25, 0.3) is 5.91 Å². The zero-order valence-corrected chi connectivity index (χ0v) is 16.7. The van der Waals surface area contributed by atoms with Crippen molar-refractivity contribution in [2.45, 2.75) is 26.3 Å². The standard InChI is InChI=1S/C21H21ClN4O3/c1-2-23-21(28)16-5-3-4-14(12-16)13-24-18(27)10-11-19-25-20(26-29-19)15-6-8-17(22)9-7-15/h3-9,12H,2,10-11,13H2,1H3,(H,23,28)(H,24,27). The summed E-state index contributed by atoms with van der Waals surface area (Å²) in [5, 5.41) is 10.2. The number of amides is 2. The Balaban J connectivity index is 1.49. The lowest BCUT2D eigenvalue weighted by Gasteiger charge is -2.07. The van der Waals surface area contributed by atoms with Gasteiger partial charge in [-0.15, -0.1) is 0 Å². The van der Waals surface area contributed by atoms with Crippen molar-refractivity contribution in [1.82, 2.24) is 20.8 Å². The molecule has 0 unspecified atom stereocenters. The molecule has 0 atom stereocenters. The van der Waals surface area contributed by atoms with E-state index in [1.807, 2.05) is 13.0 Å². The quantitative estimate of drug-likeness (QED) is 0.591. The predicted molar refractivity (Wildman–Crippen MR) is 109 cm³/mol. The molecule has 2 N–H and O–H groups in total. The number of halogens is 1. The number of rotatable bonds is 8. The van der Waals surface area contributed by atoms with Crippen LogP contribution in [0.4, 0.5) is 0 Å². The first kappa shape index (κ1) is 20.5. The topological polar surface area (TPSA) is 97.1 Å². The van der Waals surface area contributed by atoms with E-state index < -0.39 is 0 Å². The van der Waals surface area contributed by atoms with Crippen molar-refractivity contribution in [2.24, 2.45) is 0 Å². The van der Waals surface area contributed by atoms with Gasteiger partial charge in [-0.3, -0.25) is 9.59 Å². The van der Waals surface area contributed by atoms with Crippen molar-refractivity contribution in [2.75, 3.05) is 6.54 Å². The smallest absolute Gasteiger partial charge is 0.251 e. The van der Waals surface area contributed by atoms with E-state index in [9.17, 15) is 9.59 Å². The molecule has 0 aliphatic carbocycles. The fraction of sp³-hybridized carbons (Fsp3) is 0.238. The number of benzene rings is 2. The molecule has 8 heteroatoms. The van der Waals surface area contributed by atoms with Crippen LogP contribution in [0.25, 0.3) is 11.4 Å². The highest BCUT2D eigenvalue weighted by Crippen LogP contribution is 2.19. The lowest BCUT2D eigenvalue weighted by molar-refractivity contribution is -0.121. The van der Waals surface area contributed by atoms with Crippen LogP contribution in [0.2, 0.25) is 5.02 Å². The highest BCUT2D eigenvalue weighted by molar-refractivity contribution is 6.30. The number of carbonyl (C=O) groups excluding carboxylic acids is 2. The summed E-state index contributed by atoms with van der Waals surface area (Å²) in [4.78, 5) is 28.3. The van der Waals surface area contributed by atoms with Crippen LogP contribution in [0, 0.1) is 0 Å². The maximum Gasteiger partial charge on any atom is 0.251 e. The van der Waals surface area contributed by atoms with E-state index in [4.69, 9.17) is 16.1 Å². The van der Waals surface area contributed by atoms with Crippen LogP contribution in [-0.4, -0.2) is 28.5 Å². The highest BCUT2D eigenvalue weighted by Gasteiger charge is 2.11. The van der Waals surface area contributed by atoms with Gasteiger partial charge in [0.05, 0.1) is 0 Å². The van der Waals surface area contributed by atoms with Crippen molar-refractivity contribution >= 4 is 23.4 Å². The number of hydrogen-bond acceptors (Lipinski definition) is 5. The summed E-state index contributed by atoms with van der Waals surface area (Å²) in [7, 11) is 0. The van der Waals surface area contributed by atoms with Crippen molar-refractivity contribution in [3.8, 4) is 11.4 Å². The number of carbonyl (C=O) groups is 2. The fourth-order valence-electron chi connectivity index (χ4n) is 2.67. The molecule has 2 amide bonds. The number of aryl methyl sites for hydroxylation is 1. The first-order chi connectivity index (χ1) is 14.0. The Morgan fingerprint density at radius 2 is 1.90 bits per heavy atom. The van der Waals surface area contributed by atoms with E-state index in [0.29, 0.717) is 41.8 Å². The lowest BCUT2D eigenvalue weighted by atomic mass is 10.1. The van der Waals surface area contributed by atoms with Gasteiger partial charge in [-0.25, -0.2) is 0 Å². The second kappa shape index (κ2) is 9.84. The number of nitrogens with zero attached hydrogens (tertiary/aromatic N) is 2. The SMILES string of the molecule is CCNC(=O)c1cccc(CNC(=O)CCc2nc(-c3ccc(Cl)cc3)no2)c1. The molecule has 1 aromatic heterocycles. The third-order valence-electron chi connectivity index (χ3n) is 4.15. The first-order valence-corrected chi connectivity index (χ1v) is 9.65. The van der Waals surface area contributed by atoms with Gasteiger partial charge in [0.2, 0.25) is 17.6 Å². The minimum atomic E-state index is -0.139. The minimum Gasteiger partial charge on any atom is -0.352 e. The van der Waals surface area contributed by atoms with E-state index >= 15 is 0 Å². The minimum absolute atomic E-state index is 0.131. The Morgan fingerprint density at radius 1 is 1.10 bits per heavy atom. The molecular formula is C21H21ClN4O3. The number of hydrogen-bond donors (Lipinski definition) is 2. The van der Waals surface area contributed by atoms with Crippen LogP contribution < -0.4 is 10.6 Å². The largest absolute Gasteiger partial charge is 0.352 e. The van der Waals surface area contributed by atoms with Crippen LogP contribution in [0.15, 0.2) is 53.1 Å². The number of aromatic nitrogens is 2. The molecule has 0 saturated heterocycles. The molecule has 1 heterocycles. The van der Waals surface area contributed by atoms with Crippen molar-refractivity contribution in [1.29, 1.82) is 0 Å². The second-order valence-corrected chi connectivity index (χ2v) is 6.79. The summed E-state index contributed by atoms with van der Waals surface area (Å²) < 4.78 is 5.21. The average molecular weight is 413 g/mol. The Bertz CT molecular complexity index is 986. The zero-order chi connectivity index (χ0) is 20.6. The maximum absolute atomic E-state index is 12.1. The summed E-state index contributed by atoms with van der Waals surface area (Å²) in [6.07, 6.45) is 0.559. The summed E-state index contributed by atoms with van der Waals surface area (Å²) in [6.45, 7) is 2.77. The molecule has 0 saturated carbocycles. The van der Waals surface area contributed by atoms with Gasteiger partial charge in [-0.05, 0) is 48.9 Å². The molecule has 3 rings (SSSR count). The van der Waals surface area contributed by atoms with E-state index in [1.54, 1.807) is 42.5 Å². The fourth-order valence-corrected chi connectivity index (χ4v) is 2.79. The predicted octanol–water partition coefficient (Wildman–Crippen LogP) is 3.39. The molecule has 0 aliphatic rings. The van der Waals surface area contributed by atoms with E-state index in [-0.39, 0.29) is 18.2 Å². The molecule has 7 nitrogen and oxygen atoms in total.